The number of nitrogens with one attached hydrogen (secondary N) is 3. The van der Waals surface area contributed by atoms with Crippen LogP contribution in [0.15, 0.2) is 53.2 Å². The van der Waals surface area contributed by atoms with E-state index in [0.717, 1.165) is 52.9 Å². The molecule has 4 aromatic rings. The van der Waals surface area contributed by atoms with Crippen LogP contribution in [0.4, 0.5) is 5.82 Å². The van der Waals surface area contributed by atoms with Gasteiger partial charge < -0.3 is 34.8 Å². The van der Waals surface area contributed by atoms with Crippen molar-refractivity contribution in [1.29, 1.82) is 0 Å². The summed E-state index contributed by atoms with van der Waals surface area (Å²) in [6, 6.07) is 0. The van der Waals surface area contributed by atoms with Crippen molar-refractivity contribution in [2.75, 3.05) is 45.7 Å². The summed E-state index contributed by atoms with van der Waals surface area (Å²) in [5.74, 6) is 0.0575. The van der Waals surface area contributed by atoms with Gasteiger partial charge in [0.1, 0.15) is 30.5 Å². The minimum atomic E-state index is -4.27. The molecule has 0 radical (unpaired) electrons. The summed E-state index contributed by atoms with van der Waals surface area (Å²) in [5, 5.41) is 16.3. The van der Waals surface area contributed by atoms with Crippen LogP contribution in [-0.2, 0) is 25.2 Å². The molecule has 0 aliphatic carbocycles. The smallest absolute Gasteiger partial charge is 0.390 e. The molecule has 4 aromatic heterocycles. The Bertz CT molecular complexity index is 1890. The molecule has 5 heterocycles. The molecule has 4 atom stereocenters. The summed E-state index contributed by atoms with van der Waals surface area (Å²) in [4.78, 5) is 68.7. The van der Waals surface area contributed by atoms with Crippen LogP contribution < -0.4 is 21.9 Å². The molecule has 1 aliphatic heterocycles. The van der Waals surface area contributed by atoms with Crippen molar-refractivity contribution in [2.45, 2.75) is 44.2 Å². The fraction of sp³-hybridized carbons (Fsp3) is 0.464. The molecule has 4 unspecified atom stereocenters. The van der Waals surface area contributed by atoms with Crippen molar-refractivity contribution in [3.05, 3.63) is 70.1 Å². The second kappa shape index (κ2) is 15.6. The van der Waals surface area contributed by atoms with E-state index >= 15 is 0 Å². The Morgan fingerprint density at radius 3 is 2.83 bits per heavy atom. The van der Waals surface area contributed by atoms with Crippen molar-refractivity contribution in [2.24, 2.45) is 0 Å². The van der Waals surface area contributed by atoms with E-state index in [2.05, 4.69) is 40.5 Å². The van der Waals surface area contributed by atoms with E-state index in [1.54, 1.807) is 6.33 Å². The lowest BCUT2D eigenvalue weighted by Gasteiger charge is -2.18. The zero-order valence-electron chi connectivity index (χ0n) is 26.4. The van der Waals surface area contributed by atoms with E-state index in [4.69, 9.17) is 9.26 Å². The number of rotatable bonds is 16. The van der Waals surface area contributed by atoms with E-state index < -0.39 is 49.9 Å². The van der Waals surface area contributed by atoms with E-state index in [9.17, 15) is 28.9 Å². The van der Waals surface area contributed by atoms with Crippen LogP contribution >= 0.6 is 7.75 Å². The molecule has 19 nitrogen and oxygen atoms in total. The highest BCUT2D eigenvalue weighted by Crippen LogP contribution is 2.44. The van der Waals surface area contributed by atoms with Gasteiger partial charge in [-0.2, -0.15) is 0 Å². The molecule has 0 aromatic carbocycles. The molecule has 0 bridgehead atoms. The minimum absolute atomic E-state index is 0.0127. The molecule has 5 N–H and O–H groups in total. The number of aromatic amines is 1. The van der Waals surface area contributed by atoms with Crippen molar-refractivity contribution in [3.63, 3.8) is 0 Å². The fourth-order valence-electron chi connectivity index (χ4n) is 4.98. The monoisotopic (exact) mass is 687 g/mol. The number of ether oxygens (including phenoxy) is 1. The first-order chi connectivity index (χ1) is 23.0. The van der Waals surface area contributed by atoms with Crippen molar-refractivity contribution in [1.82, 2.24) is 48.6 Å². The summed E-state index contributed by atoms with van der Waals surface area (Å²) in [7, 11) is -0.182. The van der Waals surface area contributed by atoms with Gasteiger partial charge in [-0.05, 0) is 39.6 Å². The normalized spacial score (nSPS) is 19.3. The van der Waals surface area contributed by atoms with Crippen LogP contribution in [0.5, 0.6) is 0 Å². The predicted molar refractivity (Wildman–Crippen MR) is 173 cm³/mol. The van der Waals surface area contributed by atoms with Crippen LogP contribution in [0.1, 0.15) is 31.1 Å². The lowest BCUT2D eigenvalue weighted by molar-refractivity contribution is -0.116. The van der Waals surface area contributed by atoms with Gasteiger partial charge in [-0.25, -0.2) is 33.6 Å². The summed E-state index contributed by atoms with van der Waals surface area (Å²) < 4.78 is 27.1. The number of imidazole rings is 2. The van der Waals surface area contributed by atoms with Gasteiger partial charge in [0, 0.05) is 50.7 Å². The lowest BCUT2D eigenvalue weighted by Crippen LogP contribution is -2.33. The summed E-state index contributed by atoms with van der Waals surface area (Å²) in [6.45, 7) is 1.91. The molecule has 0 saturated carbocycles. The quantitative estimate of drug-likeness (QED) is 0.0581. The molecule has 0 spiro atoms. The third-order valence-corrected chi connectivity index (χ3v) is 8.79. The summed E-state index contributed by atoms with van der Waals surface area (Å²) in [6.07, 6.45) is 9.27. The number of unbranched alkanes of at least 4 members (excludes halogenated alkanes) is 1. The molecule has 258 valence electrons. The Hall–Kier alpha value is -4.52. The van der Waals surface area contributed by atoms with Crippen molar-refractivity contribution >= 4 is 36.7 Å². The number of hydrogen-bond donors (Lipinski definition) is 5. The molecular weight excluding hydrogens is 649 g/mol. The van der Waals surface area contributed by atoms with Crippen LogP contribution in [0.3, 0.4) is 0 Å². The van der Waals surface area contributed by atoms with Crippen LogP contribution in [0, 0.1) is 0 Å². The number of aromatic nitrogens is 8. The van der Waals surface area contributed by atoms with Crippen molar-refractivity contribution in [3.8, 4) is 0 Å². The predicted octanol–water partition coefficient (Wildman–Crippen LogP) is -0.230. The Labute approximate surface area is 273 Å². The van der Waals surface area contributed by atoms with Crippen molar-refractivity contribution < 1.29 is 28.6 Å². The average Bonchev–Trinajstić information content (AvgIpc) is 3.81. The van der Waals surface area contributed by atoms with Gasteiger partial charge in [0.05, 0.1) is 24.6 Å². The highest BCUT2D eigenvalue weighted by atomic mass is 31.2. The minimum Gasteiger partial charge on any atom is -0.390 e. The third-order valence-electron chi connectivity index (χ3n) is 7.49. The first kappa shape index (κ1) is 34.8. The summed E-state index contributed by atoms with van der Waals surface area (Å²) in [5.41, 5.74) is -0.191. The Morgan fingerprint density at radius 1 is 1.23 bits per heavy atom. The maximum atomic E-state index is 12.6. The summed E-state index contributed by atoms with van der Waals surface area (Å²) >= 11 is 0. The Morgan fingerprint density at radius 2 is 2.06 bits per heavy atom. The number of amides is 1. The molecule has 1 amide bonds. The molecule has 5 rings (SSSR count). The van der Waals surface area contributed by atoms with Crippen LogP contribution in [-0.4, -0.2) is 112 Å². The fourth-order valence-corrected chi connectivity index (χ4v) is 5.88. The molecule has 20 heteroatoms. The maximum absolute atomic E-state index is 12.6. The highest BCUT2D eigenvalue weighted by molar-refractivity contribution is 7.51. The largest absolute Gasteiger partial charge is 0.437 e. The Balaban J connectivity index is 1.12. The maximum Gasteiger partial charge on any atom is 0.437 e. The second-order valence-corrected chi connectivity index (χ2v) is 13.0. The molecule has 48 heavy (non-hydrogen) atoms. The number of H-pyrrole nitrogens is 1. The molecular formula is C28H38N11O8P. The standard InChI is InChI=1S/C28H38N11O8P/c1-36(2)10-3-4-11-37-18-34-24-25(32-16-33-26(24)37)31-8-7-30-22(41)6-5-19-14-39(28(43)35-27(19)42)23-13-20(40)21(47-23)15-46-48(44,45)38-12-9-29-17-38/h5-6,9,12,14,16-18,20-21,23,40H,3-4,7-8,10-11,13,15H2,1-2H3,(H,30,41)(H,44,45)(H,31,32,33)(H,35,42,43)/b6-5+. The van der Waals surface area contributed by atoms with Crippen LogP contribution in [0.2, 0.25) is 0 Å². The average molecular weight is 688 g/mol. The number of aryl methyl sites for hydroxylation is 1. The number of carbonyl (C=O) groups excluding carboxylic acids is 1. The number of nitrogens with zero attached hydrogens (tertiary/aromatic N) is 8. The van der Waals surface area contributed by atoms with Crippen LogP contribution in [0.25, 0.3) is 17.2 Å². The molecule has 1 saturated heterocycles. The molecule has 1 aliphatic rings. The Kier molecular flexibility index (Phi) is 11.3. The van der Waals surface area contributed by atoms with E-state index in [1.165, 1.54) is 31.0 Å². The number of hydrogen-bond acceptors (Lipinski definition) is 13. The number of fused-ring (bicyclic) bond motifs is 1. The topological polar surface area (TPSA) is 237 Å². The number of anilines is 1. The third kappa shape index (κ3) is 8.68. The number of aliphatic hydroxyl groups excluding tert-OH is 1. The number of carbonyl (C=O) groups is 1. The second-order valence-electron chi connectivity index (χ2n) is 11.3. The highest BCUT2D eigenvalue weighted by Gasteiger charge is 2.37. The first-order valence-electron chi connectivity index (χ1n) is 15.2. The lowest BCUT2D eigenvalue weighted by atomic mass is 10.2. The first-order valence-corrected chi connectivity index (χ1v) is 16.7. The van der Waals surface area contributed by atoms with Gasteiger partial charge in [0.2, 0.25) is 5.91 Å². The molecule has 1 fully saturated rings. The zero-order chi connectivity index (χ0) is 34.3. The van der Waals surface area contributed by atoms with Gasteiger partial charge in [-0.3, -0.25) is 23.7 Å². The van der Waals surface area contributed by atoms with Gasteiger partial charge in [-0.15, -0.1) is 0 Å². The SMILES string of the molecule is CN(C)CCCCn1cnc2c(NCCNC(=O)/C=C/c3cn(C4CC(O)C(COP(=O)(O)n5ccnc5)O4)c(=O)[nH]c3=O)ncnc21. The van der Waals surface area contributed by atoms with Gasteiger partial charge in [-0.1, -0.05) is 0 Å². The van der Waals surface area contributed by atoms with E-state index in [1.807, 2.05) is 18.7 Å². The van der Waals surface area contributed by atoms with E-state index in [0.29, 0.717) is 17.9 Å². The zero-order valence-corrected chi connectivity index (χ0v) is 27.3. The number of aliphatic hydroxyl groups is 1. The van der Waals surface area contributed by atoms with Gasteiger partial charge >= 0.3 is 13.4 Å². The van der Waals surface area contributed by atoms with E-state index in [-0.39, 0.29) is 18.5 Å². The van der Waals surface area contributed by atoms with Gasteiger partial charge in [0.25, 0.3) is 5.56 Å². The van der Waals surface area contributed by atoms with Gasteiger partial charge in [0.15, 0.2) is 11.5 Å².